The summed E-state index contributed by atoms with van der Waals surface area (Å²) in [5.74, 6) is -6.93. The van der Waals surface area contributed by atoms with Crippen molar-refractivity contribution in [3.8, 4) is 0 Å². The predicted molar refractivity (Wildman–Crippen MR) is 122 cm³/mol. The number of nitrogens with one attached hydrogen (secondary N) is 2. The molecule has 1 fully saturated rings. The van der Waals surface area contributed by atoms with Crippen LogP contribution in [0.3, 0.4) is 0 Å². The van der Waals surface area contributed by atoms with Gasteiger partial charge in [0.1, 0.15) is 34.9 Å². The number of rotatable bonds is 4. The zero-order valence-corrected chi connectivity index (χ0v) is 20.3. The summed E-state index contributed by atoms with van der Waals surface area (Å²) in [4.78, 5) is 43.1. The van der Waals surface area contributed by atoms with Gasteiger partial charge < -0.3 is 10.6 Å². The van der Waals surface area contributed by atoms with Crippen LogP contribution in [0.5, 0.6) is 0 Å². The lowest BCUT2D eigenvalue weighted by atomic mass is 9.96. The highest BCUT2D eigenvalue weighted by Crippen LogP contribution is 2.43. The summed E-state index contributed by atoms with van der Waals surface area (Å²) in [7, 11) is 0. The molecule has 1 aliphatic carbocycles. The number of nitrogens with zero attached hydrogens (tertiary/aromatic N) is 3. The third-order valence-corrected chi connectivity index (χ3v) is 6.59. The molecule has 216 valence electrons. The number of alkyl halides is 7. The first-order chi connectivity index (χ1) is 18.4. The molecule has 0 bridgehead atoms. The standard InChI is InChI=1S/C23H18F9N5O3/c1-9-12(24)7-13(25)16(15(9)26)37-8-11(19(39)35-21(2,22(27,28)29)23(30,31)32)17(38)10-3-4-14(34-18(10)37)36-6-5-33-20(36)40/h3-4,7-9,12H,5-6H2,1-2H3,(H,33,40)(H,35,39). The fourth-order valence-corrected chi connectivity index (χ4v) is 4.03. The van der Waals surface area contributed by atoms with Crippen LogP contribution in [0.25, 0.3) is 16.7 Å². The first-order valence-electron chi connectivity index (χ1n) is 11.4. The van der Waals surface area contributed by atoms with Crippen LogP contribution >= 0.6 is 0 Å². The summed E-state index contributed by atoms with van der Waals surface area (Å²) in [6, 6.07) is 1.38. The Labute approximate surface area is 218 Å². The Balaban J connectivity index is 1.99. The molecule has 2 atom stereocenters. The molecule has 40 heavy (non-hydrogen) atoms. The smallest absolute Gasteiger partial charge is 0.336 e. The van der Waals surface area contributed by atoms with Crippen LogP contribution in [0.2, 0.25) is 0 Å². The van der Waals surface area contributed by atoms with Gasteiger partial charge in [0.15, 0.2) is 5.65 Å². The quantitative estimate of drug-likeness (QED) is 0.518. The molecule has 0 spiro atoms. The lowest BCUT2D eigenvalue weighted by molar-refractivity contribution is -0.297. The second-order valence-electron chi connectivity index (χ2n) is 9.18. The van der Waals surface area contributed by atoms with E-state index in [9.17, 15) is 49.5 Å². The molecule has 1 aliphatic heterocycles. The van der Waals surface area contributed by atoms with Crippen LogP contribution in [0.4, 0.5) is 50.1 Å². The molecule has 2 unspecified atom stereocenters. The number of carbonyl (C=O) groups excluding carboxylic acids is 2. The molecule has 0 aromatic carbocycles. The highest BCUT2D eigenvalue weighted by atomic mass is 19.4. The Morgan fingerprint density at radius 2 is 1.73 bits per heavy atom. The molecule has 8 nitrogen and oxygen atoms in total. The Morgan fingerprint density at radius 1 is 1.10 bits per heavy atom. The number of aromatic nitrogens is 2. The highest BCUT2D eigenvalue weighted by molar-refractivity contribution is 5.99. The van der Waals surface area contributed by atoms with E-state index in [1.54, 1.807) is 0 Å². The van der Waals surface area contributed by atoms with E-state index >= 15 is 4.39 Å². The van der Waals surface area contributed by atoms with Crippen molar-refractivity contribution >= 4 is 34.5 Å². The van der Waals surface area contributed by atoms with Crippen molar-refractivity contribution in [1.82, 2.24) is 20.2 Å². The number of halogens is 9. The number of hydrogen-bond acceptors (Lipinski definition) is 4. The van der Waals surface area contributed by atoms with Crippen molar-refractivity contribution in [2.75, 3.05) is 18.0 Å². The number of amides is 3. The lowest BCUT2D eigenvalue weighted by Gasteiger charge is -2.34. The first kappa shape index (κ1) is 28.9. The second-order valence-corrected chi connectivity index (χ2v) is 9.18. The summed E-state index contributed by atoms with van der Waals surface area (Å²) < 4.78 is 125. The van der Waals surface area contributed by atoms with Gasteiger partial charge in [-0.3, -0.25) is 19.1 Å². The zero-order valence-electron chi connectivity index (χ0n) is 20.3. The number of pyridine rings is 2. The van der Waals surface area contributed by atoms with E-state index in [1.165, 1.54) is 0 Å². The van der Waals surface area contributed by atoms with Crippen LogP contribution in [-0.4, -0.2) is 58.6 Å². The molecule has 3 heterocycles. The van der Waals surface area contributed by atoms with Crippen molar-refractivity contribution in [2.45, 2.75) is 37.9 Å². The second kappa shape index (κ2) is 9.55. The van der Waals surface area contributed by atoms with Gasteiger partial charge in [-0.05, 0) is 25.1 Å². The van der Waals surface area contributed by atoms with Crippen LogP contribution in [0.1, 0.15) is 24.2 Å². The SMILES string of the molecule is CC1C(F)=C(n2cc(C(=O)NC(C)(C(F)(F)F)C(F)(F)F)c(=O)c3ccc(N4CCNC4=O)nc32)C(F)=CC1F. The molecule has 2 aliphatic rings. The van der Waals surface area contributed by atoms with Crippen molar-refractivity contribution in [3.63, 3.8) is 0 Å². The monoisotopic (exact) mass is 583 g/mol. The summed E-state index contributed by atoms with van der Waals surface area (Å²) in [5.41, 5.74) is -9.32. The van der Waals surface area contributed by atoms with Crippen LogP contribution in [-0.2, 0) is 0 Å². The van der Waals surface area contributed by atoms with Crippen LogP contribution in [0, 0.1) is 5.92 Å². The van der Waals surface area contributed by atoms with Crippen molar-refractivity contribution in [2.24, 2.45) is 5.92 Å². The van der Waals surface area contributed by atoms with E-state index in [-0.39, 0.29) is 25.8 Å². The van der Waals surface area contributed by atoms with E-state index in [2.05, 4.69) is 10.3 Å². The van der Waals surface area contributed by atoms with Gasteiger partial charge >= 0.3 is 18.4 Å². The maximum Gasteiger partial charge on any atom is 0.420 e. The Bertz CT molecular complexity index is 1510. The first-order valence-corrected chi connectivity index (χ1v) is 11.4. The zero-order chi connectivity index (χ0) is 29.9. The van der Waals surface area contributed by atoms with Gasteiger partial charge in [-0.25, -0.2) is 22.9 Å². The van der Waals surface area contributed by atoms with Crippen LogP contribution in [0.15, 0.2) is 40.9 Å². The highest BCUT2D eigenvalue weighted by Gasteiger charge is 2.68. The van der Waals surface area contributed by atoms with Crippen LogP contribution < -0.4 is 21.0 Å². The molecule has 17 heteroatoms. The molecule has 2 aromatic rings. The Hall–Kier alpha value is -4.05. The van der Waals surface area contributed by atoms with E-state index in [4.69, 9.17) is 0 Å². The molecule has 0 saturated carbocycles. The average Bonchev–Trinajstić information content (AvgIpc) is 3.28. The summed E-state index contributed by atoms with van der Waals surface area (Å²) in [6.07, 6.45) is -13.6. The third kappa shape index (κ3) is 4.56. The maximum atomic E-state index is 15.2. The lowest BCUT2D eigenvalue weighted by Crippen LogP contribution is -2.65. The van der Waals surface area contributed by atoms with Crippen molar-refractivity contribution in [1.29, 1.82) is 0 Å². The molecule has 2 aromatic heterocycles. The minimum Gasteiger partial charge on any atom is -0.336 e. The number of hydrogen-bond donors (Lipinski definition) is 2. The number of carbonyl (C=O) groups is 2. The number of fused-ring (bicyclic) bond motifs is 1. The minimum atomic E-state index is -6.07. The molecule has 4 rings (SSSR count). The fraction of sp³-hybridized carbons (Fsp3) is 0.391. The molecule has 0 radical (unpaired) electrons. The van der Waals surface area contributed by atoms with Gasteiger partial charge in [0.2, 0.25) is 11.0 Å². The molecular formula is C23H18F9N5O3. The summed E-state index contributed by atoms with van der Waals surface area (Å²) in [6.45, 7) is 0.927. The maximum absolute atomic E-state index is 15.2. The largest absolute Gasteiger partial charge is 0.420 e. The van der Waals surface area contributed by atoms with Gasteiger partial charge in [0.25, 0.3) is 5.91 Å². The fourth-order valence-electron chi connectivity index (χ4n) is 4.03. The van der Waals surface area contributed by atoms with E-state index in [0.717, 1.165) is 29.3 Å². The van der Waals surface area contributed by atoms with Gasteiger partial charge in [-0.15, -0.1) is 0 Å². The van der Waals surface area contributed by atoms with Gasteiger partial charge in [0, 0.05) is 25.2 Å². The molecular weight excluding hydrogens is 565 g/mol. The van der Waals surface area contributed by atoms with Crippen molar-refractivity contribution in [3.05, 3.63) is 51.8 Å². The number of allylic oxidation sites excluding steroid dienone is 4. The van der Waals surface area contributed by atoms with E-state index < -0.39 is 81.3 Å². The molecule has 2 N–H and O–H groups in total. The third-order valence-electron chi connectivity index (χ3n) is 6.59. The molecule has 3 amide bonds. The Morgan fingerprint density at radius 3 is 2.27 bits per heavy atom. The average molecular weight is 583 g/mol. The van der Waals surface area contributed by atoms with E-state index in [1.807, 2.05) is 0 Å². The summed E-state index contributed by atoms with van der Waals surface area (Å²) in [5, 5.41) is 2.57. The topological polar surface area (TPSA) is 96.3 Å². The van der Waals surface area contributed by atoms with Gasteiger partial charge in [-0.2, -0.15) is 26.3 Å². The minimum absolute atomic E-state index is 0.0847. The van der Waals surface area contributed by atoms with Gasteiger partial charge in [0.05, 0.1) is 5.39 Å². The van der Waals surface area contributed by atoms with Gasteiger partial charge in [-0.1, -0.05) is 6.92 Å². The van der Waals surface area contributed by atoms with Crippen molar-refractivity contribution < 1.29 is 49.1 Å². The predicted octanol–water partition coefficient (Wildman–Crippen LogP) is 4.52. The number of urea groups is 1. The Kier molecular flexibility index (Phi) is 6.91. The summed E-state index contributed by atoms with van der Waals surface area (Å²) >= 11 is 0. The number of anilines is 1. The normalized spacial score (nSPS) is 20.6. The van der Waals surface area contributed by atoms with E-state index in [0.29, 0.717) is 16.8 Å². The molecule has 1 saturated heterocycles.